The molecule has 2 aromatic carbocycles. The Morgan fingerprint density at radius 1 is 1.12 bits per heavy atom. The molecule has 5 nitrogen and oxygen atoms in total. The van der Waals surface area contributed by atoms with Crippen molar-refractivity contribution in [2.75, 3.05) is 0 Å². The number of carbonyl (C=O) groups excluding carboxylic acids is 1. The smallest absolute Gasteiger partial charge is 0.311 e. The summed E-state index contributed by atoms with van der Waals surface area (Å²) in [5.74, 6) is 0.287. The highest BCUT2D eigenvalue weighted by atomic mass is 16.5. The molecule has 0 radical (unpaired) electrons. The molecule has 0 amide bonds. The average molecular weight is 350 g/mol. The zero-order valence-corrected chi connectivity index (χ0v) is 15.3. The van der Waals surface area contributed by atoms with Crippen molar-refractivity contribution in [1.82, 2.24) is 9.55 Å². The topological polar surface area (TPSA) is 61.2 Å². The molecular weight excluding hydrogens is 328 g/mol. The molecule has 0 bridgehead atoms. The number of nitrogens with zero attached hydrogens (tertiary/aromatic N) is 2. The molecule has 0 spiro atoms. The Hall–Kier alpha value is -2.95. The number of carbonyl (C=O) groups is 1. The summed E-state index contributed by atoms with van der Waals surface area (Å²) >= 11 is 0. The maximum Gasteiger partial charge on any atom is 0.311 e. The summed E-state index contributed by atoms with van der Waals surface area (Å²) in [7, 11) is 0. The molecule has 0 aliphatic rings. The van der Waals surface area contributed by atoms with E-state index in [0.717, 1.165) is 22.2 Å². The van der Waals surface area contributed by atoms with Crippen molar-refractivity contribution in [3.8, 4) is 5.75 Å². The Kier molecular flexibility index (Phi) is 5.16. The summed E-state index contributed by atoms with van der Waals surface area (Å²) in [5.41, 5.74) is 3.68. The van der Waals surface area contributed by atoms with E-state index in [1.165, 1.54) is 0 Å². The minimum absolute atomic E-state index is 0.0820. The van der Waals surface area contributed by atoms with Crippen LogP contribution >= 0.6 is 0 Å². The minimum atomic E-state index is -0.297. The number of fused-ring (bicyclic) bond motifs is 1. The number of ether oxygens (including phenoxy) is 1. The lowest BCUT2D eigenvalue weighted by molar-refractivity contribution is -0.134. The molecule has 0 atom stereocenters. The standard InChI is InChI=1S/C21H22N2O3/c1-14-9-10-18(16(3)12-14)26-19(24)8-5-11-23-13-22-20-15(2)6-4-7-17(20)21(23)25/h4,6-7,9-10,12-13H,5,8,11H2,1-3H3. The van der Waals surface area contributed by atoms with Gasteiger partial charge >= 0.3 is 5.97 Å². The van der Waals surface area contributed by atoms with Crippen LogP contribution in [0.15, 0.2) is 47.5 Å². The van der Waals surface area contributed by atoms with E-state index >= 15 is 0 Å². The summed E-state index contributed by atoms with van der Waals surface area (Å²) in [6.07, 6.45) is 2.31. The first-order valence-electron chi connectivity index (χ1n) is 8.68. The Balaban J connectivity index is 1.63. The van der Waals surface area contributed by atoms with Gasteiger partial charge in [0.1, 0.15) is 5.75 Å². The van der Waals surface area contributed by atoms with Gasteiger partial charge in [-0.05, 0) is 50.5 Å². The number of esters is 1. The van der Waals surface area contributed by atoms with Crippen molar-refractivity contribution in [3.63, 3.8) is 0 Å². The number of aromatic nitrogens is 2. The van der Waals surface area contributed by atoms with Gasteiger partial charge in [-0.3, -0.25) is 14.2 Å². The highest BCUT2D eigenvalue weighted by molar-refractivity contribution is 5.80. The second-order valence-electron chi connectivity index (χ2n) is 6.56. The predicted octanol–water partition coefficient (Wildman–Crippen LogP) is 3.71. The van der Waals surface area contributed by atoms with Crippen LogP contribution in [0.1, 0.15) is 29.5 Å². The monoisotopic (exact) mass is 350 g/mol. The van der Waals surface area contributed by atoms with E-state index in [1.54, 1.807) is 17.0 Å². The fourth-order valence-corrected chi connectivity index (χ4v) is 2.98. The third-order valence-corrected chi connectivity index (χ3v) is 4.39. The van der Waals surface area contributed by atoms with E-state index in [-0.39, 0.29) is 17.9 Å². The molecule has 0 N–H and O–H groups in total. The second-order valence-corrected chi connectivity index (χ2v) is 6.56. The molecule has 1 aromatic heterocycles. The zero-order valence-electron chi connectivity index (χ0n) is 15.3. The van der Waals surface area contributed by atoms with E-state index < -0.39 is 0 Å². The first kappa shape index (κ1) is 17.9. The Bertz CT molecular complexity index is 1020. The van der Waals surface area contributed by atoms with E-state index in [2.05, 4.69) is 4.98 Å². The summed E-state index contributed by atoms with van der Waals surface area (Å²) in [5, 5.41) is 0.602. The Labute approximate surface area is 152 Å². The molecule has 26 heavy (non-hydrogen) atoms. The number of benzene rings is 2. The Morgan fingerprint density at radius 3 is 2.69 bits per heavy atom. The highest BCUT2D eigenvalue weighted by Crippen LogP contribution is 2.19. The van der Waals surface area contributed by atoms with E-state index in [1.807, 2.05) is 51.1 Å². The number of hydrogen-bond donors (Lipinski definition) is 0. The molecule has 0 fully saturated rings. The molecule has 0 saturated heterocycles. The third-order valence-electron chi connectivity index (χ3n) is 4.39. The quantitative estimate of drug-likeness (QED) is 0.520. The van der Waals surface area contributed by atoms with Crippen molar-refractivity contribution in [1.29, 1.82) is 0 Å². The van der Waals surface area contributed by atoms with Gasteiger partial charge in [0.2, 0.25) is 0 Å². The normalized spacial score (nSPS) is 10.9. The van der Waals surface area contributed by atoms with Gasteiger partial charge in [0.05, 0.1) is 17.2 Å². The van der Waals surface area contributed by atoms with Gasteiger partial charge in [-0.15, -0.1) is 0 Å². The molecule has 134 valence electrons. The molecule has 5 heteroatoms. The fourth-order valence-electron chi connectivity index (χ4n) is 2.98. The van der Waals surface area contributed by atoms with Crippen molar-refractivity contribution in [2.24, 2.45) is 0 Å². The van der Waals surface area contributed by atoms with Gasteiger partial charge < -0.3 is 4.74 Å². The van der Waals surface area contributed by atoms with Crippen LogP contribution in [0.2, 0.25) is 0 Å². The third kappa shape index (κ3) is 3.82. The van der Waals surface area contributed by atoms with Crippen LogP contribution in [0.25, 0.3) is 10.9 Å². The van der Waals surface area contributed by atoms with Crippen LogP contribution in [-0.4, -0.2) is 15.5 Å². The summed E-state index contributed by atoms with van der Waals surface area (Å²) < 4.78 is 6.96. The SMILES string of the molecule is Cc1ccc(OC(=O)CCCn2cnc3c(C)cccc3c2=O)c(C)c1. The van der Waals surface area contributed by atoms with Crippen LogP contribution in [0.5, 0.6) is 5.75 Å². The molecule has 0 aliphatic carbocycles. The number of hydrogen-bond acceptors (Lipinski definition) is 4. The fraction of sp³-hybridized carbons (Fsp3) is 0.286. The van der Waals surface area contributed by atoms with Crippen LogP contribution < -0.4 is 10.3 Å². The second kappa shape index (κ2) is 7.52. The average Bonchev–Trinajstić information content (AvgIpc) is 2.60. The molecule has 1 heterocycles. The molecule has 0 unspecified atom stereocenters. The van der Waals surface area contributed by atoms with Crippen LogP contribution in [0, 0.1) is 20.8 Å². The largest absolute Gasteiger partial charge is 0.426 e. The minimum Gasteiger partial charge on any atom is -0.426 e. The summed E-state index contributed by atoms with van der Waals surface area (Å²) in [4.78, 5) is 29.0. The first-order valence-corrected chi connectivity index (χ1v) is 8.68. The maximum absolute atomic E-state index is 12.5. The van der Waals surface area contributed by atoms with Crippen LogP contribution in [0.3, 0.4) is 0 Å². The van der Waals surface area contributed by atoms with Crippen molar-refractivity contribution >= 4 is 16.9 Å². The van der Waals surface area contributed by atoms with Gasteiger partial charge in [0.15, 0.2) is 0 Å². The van der Waals surface area contributed by atoms with Crippen molar-refractivity contribution in [3.05, 3.63) is 69.8 Å². The Morgan fingerprint density at radius 2 is 1.92 bits per heavy atom. The van der Waals surface area contributed by atoms with Gasteiger partial charge in [0.25, 0.3) is 5.56 Å². The van der Waals surface area contributed by atoms with E-state index in [0.29, 0.717) is 24.1 Å². The first-order chi connectivity index (χ1) is 12.5. The molecular formula is C21H22N2O3. The van der Waals surface area contributed by atoms with Gasteiger partial charge in [0, 0.05) is 13.0 Å². The lowest BCUT2D eigenvalue weighted by atomic mass is 10.1. The highest BCUT2D eigenvalue weighted by Gasteiger charge is 2.09. The predicted molar refractivity (Wildman–Crippen MR) is 102 cm³/mol. The van der Waals surface area contributed by atoms with E-state index in [9.17, 15) is 9.59 Å². The van der Waals surface area contributed by atoms with Gasteiger partial charge in [-0.2, -0.15) is 0 Å². The van der Waals surface area contributed by atoms with Crippen molar-refractivity contribution < 1.29 is 9.53 Å². The number of para-hydroxylation sites is 1. The molecule has 3 rings (SSSR count). The van der Waals surface area contributed by atoms with Crippen molar-refractivity contribution in [2.45, 2.75) is 40.2 Å². The lowest BCUT2D eigenvalue weighted by Gasteiger charge is -2.09. The van der Waals surface area contributed by atoms with Gasteiger partial charge in [-0.1, -0.05) is 29.8 Å². The molecule has 0 aliphatic heterocycles. The lowest BCUT2D eigenvalue weighted by Crippen LogP contribution is -2.21. The molecule has 3 aromatic rings. The van der Waals surface area contributed by atoms with Crippen LogP contribution in [0.4, 0.5) is 0 Å². The summed E-state index contributed by atoms with van der Waals surface area (Å²) in [6, 6.07) is 11.3. The number of aryl methyl sites for hydroxylation is 4. The van der Waals surface area contributed by atoms with Crippen LogP contribution in [-0.2, 0) is 11.3 Å². The zero-order chi connectivity index (χ0) is 18.7. The molecule has 0 saturated carbocycles. The van der Waals surface area contributed by atoms with Gasteiger partial charge in [-0.25, -0.2) is 4.98 Å². The maximum atomic E-state index is 12.5. The number of rotatable bonds is 5. The summed E-state index contributed by atoms with van der Waals surface area (Å²) in [6.45, 7) is 6.27. The van der Waals surface area contributed by atoms with E-state index in [4.69, 9.17) is 4.74 Å².